The molecular weight excluding hydrogens is 759 g/mol. The Labute approximate surface area is 351 Å². The van der Waals surface area contributed by atoms with Crippen LogP contribution in [0.1, 0.15) is 98.8 Å². The smallest absolute Gasteiger partial charge is 0.643 e. The maximum atomic E-state index is 12.1. The first-order chi connectivity index (χ1) is 26.1. The van der Waals surface area contributed by atoms with Crippen LogP contribution in [-0.2, 0) is 45.3 Å². The number of methoxy groups -OCH3 is 1. The Morgan fingerprint density at radius 2 is 0.836 bits per heavy atom. The van der Waals surface area contributed by atoms with E-state index in [1.807, 2.05) is 0 Å². The Bertz CT molecular complexity index is 1440. The number of carbonyl (C=O) groups excluding carboxylic acids is 3. The van der Waals surface area contributed by atoms with Crippen LogP contribution in [0.5, 0.6) is 0 Å². The average molecular weight is 822 g/mol. The maximum absolute atomic E-state index is 12.1. The maximum Gasteiger partial charge on any atom is 4.00 e. The minimum absolute atomic E-state index is 0. The van der Waals surface area contributed by atoms with Crippen LogP contribution in [0.2, 0.25) is 0 Å². The minimum atomic E-state index is -1.22. The van der Waals surface area contributed by atoms with Crippen LogP contribution in [0, 0.1) is 11.8 Å². The van der Waals surface area contributed by atoms with Crippen molar-refractivity contribution < 1.29 is 45.3 Å². The SMILES string of the molecule is C1CCCC1.C1CCCC1.COC(=O)[C@@H](NC(=O)[C@@H]([N-]C(C)=O)C(C)C)C(C)C.[Zr+4].c1ccc([B-](c2ccccc2)(c2ccccc2)c2ccccc2)cc1. The first-order valence-corrected chi connectivity index (χ1v) is 20.1. The molecule has 2 amide bonds. The van der Waals surface area contributed by atoms with E-state index in [0.29, 0.717) is 0 Å². The number of amides is 2. The molecule has 2 atom stereocenters. The van der Waals surface area contributed by atoms with E-state index in [1.165, 1.54) is 100 Å². The van der Waals surface area contributed by atoms with E-state index in [2.05, 4.69) is 137 Å². The second kappa shape index (κ2) is 26.2. The van der Waals surface area contributed by atoms with Gasteiger partial charge in [-0.2, -0.15) is 21.9 Å². The first-order valence-electron chi connectivity index (χ1n) is 20.1. The van der Waals surface area contributed by atoms with Gasteiger partial charge in [0.25, 0.3) is 0 Å². The summed E-state index contributed by atoms with van der Waals surface area (Å²) in [7, 11) is 1.27. The number of nitrogens with zero attached hydrogens (tertiary/aromatic N) is 1. The molecule has 0 aliphatic heterocycles. The van der Waals surface area contributed by atoms with Crippen LogP contribution in [0.4, 0.5) is 0 Å². The van der Waals surface area contributed by atoms with E-state index in [0.717, 1.165) is 0 Å². The van der Waals surface area contributed by atoms with Gasteiger partial charge in [-0.15, -0.1) is 0 Å². The molecule has 6 nitrogen and oxygen atoms in total. The van der Waals surface area contributed by atoms with Crippen molar-refractivity contribution in [3.63, 3.8) is 0 Å². The zero-order valence-corrected chi connectivity index (χ0v) is 36.5. The van der Waals surface area contributed by atoms with Crippen LogP contribution < -0.4 is 27.2 Å². The van der Waals surface area contributed by atoms with Crippen LogP contribution >= 0.6 is 0 Å². The summed E-state index contributed by atoms with van der Waals surface area (Å²) in [6.45, 7) is 8.48. The minimum Gasteiger partial charge on any atom is -0.643 e. The van der Waals surface area contributed by atoms with Gasteiger partial charge in [-0.3, -0.25) is 4.79 Å². The van der Waals surface area contributed by atoms with Gasteiger partial charge in [-0.1, -0.05) is 219 Å². The van der Waals surface area contributed by atoms with Gasteiger partial charge in [0.15, 0.2) is 0 Å². The Kier molecular flexibility index (Phi) is 22.5. The Hall–Kier alpha value is -3.76. The van der Waals surface area contributed by atoms with E-state index >= 15 is 0 Å². The molecule has 290 valence electrons. The topological polar surface area (TPSA) is 86.6 Å². The van der Waals surface area contributed by atoms with Gasteiger partial charge in [-0.25, -0.2) is 4.79 Å². The first kappa shape index (κ1) is 47.4. The fourth-order valence-corrected chi connectivity index (χ4v) is 7.46. The van der Waals surface area contributed by atoms with Crippen molar-refractivity contribution >= 4 is 45.8 Å². The van der Waals surface area contributed by atoms with Gasteiger partial charge < -0.3 is 20.2 Å². The molecule has 1 N–H and O–H groups in total. The van der Waals surface area contributed by atoms with Crippen molar-refractivity contribution in [3.05, 3.63) is 127 Å². The normalized spacial score (nSPS) is 14.3. The van der Waals surface area contributed by atoms with Crippen molar-refractivity contribution in [2.45, 2.75) is 111 Å². The number of hydrogen-bond donors (Lipinski definition) is 1. The summed E-state index contributed by atoms with van der Waals surface area (Å²) in [4.78, 5) is 34.7. The summed E-state index contributed by atoms with van der Waals surface area (Å²) in [5.41, 5.74) is 5.36. The molecule has 0 saturated heterocycles. The van der Waals surface area contributed by atoms with E-state index in [-0.39, 0.29) is 38.0 Å². The van der Waals surface area contributed by atoms with E-state index < -0.39 is 36.0 Å². The average Bonchev–Trinajstić information content (AvgIpc) is 3.99. The molecule has 2 saturated carbocycles. The van der Waals surface area contributed by atoms with E-state index in [4.69, 9.17) is 0 Å². The molecule has 2 fully saturated rings. The molecule has 0 heterocycles. The number of benzene rings is 4. The molecule has 6 rings (SSSR count). The van der Waals surface area contributed by atoms with E-state index in [1.54, 1.807) is 27.7 Å². The second-order valence-corrected chi connectivity index (χ2v) is 15.1. The molecule has 0 spiro atoms. The Balaban J connectivity index is 0.000000305. The number of esters is 1. The molecule has 2 aliphatic carbocycles. The molecule has 2 aliphatic rings. The van der Waals surface area contributed by atoms with Gasteiger partial charge in [0.1, 0.15) is 12.2 Å². The molecule has 0 radical (unpaired) electrons. The molecule has 0 aromatic heterocycles. The number of nitrogens with one attached hydrogen (secondary N) is 1. The van der Waals surface area contributed by atoms with Crippen LogP contribution in [0.25, 0.3) is 5.32 Å². The number of carbonyl (C=O) groups is 3. The molecule has 0 bridgehead atoms. The molecule has 8 heteroatoms. The molecule has 55 heavy (non-hydrogen) atoms. The summed E-state index contributed by atoms with van der Waals surface area (Å²) in [6.07, 6.45) is 13.8. The van der Waals surface area contributed by atoms with Gasteiger partial charge in [-0.05, 0) is 18.9 Å². The third-order valence-corrected chi connectivity index (χ3v) is 10.3. The Morgan fingerprint density at radius 1 is 0.545 bits per heavy atom. The van der Waals surface area contributed by atoms with Gasteiger partial charge in [0, 0.05) is 5.91 Å². The van der Waals surface area contributed by atoms with Crippen molar-refractivity contribution in [1.82, 2.24) is 5.32 Å². The Morgan fingerprint density at radius 3 is 1.05 bits per heavy atom. The van der Waals surface area contributed by atoms with Crippen molar-refractivity contribution in [2.24, 2.45) is 11.8 Å². The standard InChI is InChI=1S/C24H20B.C13H24N2O4.2C5H10.Zr/c1-5-13-21(14-6-1)25(22-15-7-2-8-16-22,23-17-9-3-10-18-23)24-19-11-4-12-20-24;1-7(2)10(14-9(5)16)12(17)15-11(8(3)4)13(18)19-6;2*1-2-4-5-3-1;/h1-20H;7-8,10-11H,1-6H3,(H2,14,15,16,17);2*1-5H2;/q-1;;;;+4/p-1/t;10-,11-;;;/m.0.../s1. The van der Waals surface area contributed by atoms with Crippen molar-refractivity contribution in [2.75, 3.05) is 7.11 Å². The fourth-order valence-electron chi connectivity index (χ4n) is 7.46. The number of hydrogen-bond acceptors (Lipinski definition) is 4. The molecular formula is C47H63BN2O4Zr+2. The number of ether oxygens (including phenoxy) is 1. The fraction of sp³-hybridized carbons (Fsp3) is 0.426. The van der Waals surface area contributed by atoms with Gasteiger partial charge in [0.2, 0.25) is 5.91 Å². The number of rotatable bonds is 10. The monoisotopic (exact) mass is 820 g/mol. The van der Waals surface area contributed by atoms with E-state index in [9.17, 15) is 14.4 Å². The van der Waals surface area contributed by atoms with Gasteiger partial charge in [0.05, 0.1) is 7.11 Å². The second-order valence-electron chi connectivity index (χ2n) is 15.1. The predicted molar refractivity (Wildman–Crippen MR) is 228 cm³/mol. The van der Waals surface area contributed by atoms with Crippen molar-refractivity contribution in [3.8, 4) is 0 Å². The zero-order valence-electron chi connectivity index (χ0n) is 34.1. The van der Waals surface area contributed by atoms with Crippen LogP contribution in [-0.4, -0.2) is 43.1 Å². The summed E-state index contributed by atoms with van der Waals surface area (Å²) in [5, 5.41) is 6.37. The van der Waals surface area contributed by atoms with Crippen LogP contribution in [0.15, 0.2) is 121 Å². The quantitative estimate of drug-likeness (QED) is 0.129. The molecule has 4 aromatic rings. The summed E-state index contributed by atoms with van der Waals surface area (Å²) in [5.74, 6) is -1.59. The largest absolute Gasteiger partial charge is 4.00 e. The summed E-state index contributed by atoms with van der Waals surface area (Å²) < 4.78 is 4.64. The van der Waals surface area contributed by atoms with Crippen molar-refractivity contribution in [1.29, 1.82) is 0 Å². The van der Waals surface area contributed by atoms with Crippen LogP contribution in [0.3, 0.4) is 0 Å². The molecule has 4 aromatic carbocycles. The molecule has 0 unspecified atom stereocenters. The summed E-state index contributed by atoms with van der Waals surface area (Å²) in [6, 6.07) is 42.0. The third-order valence-electron chi connectivity index (χ3n) is 10.3. The predicted octanol–water partition coefficient (Wildman–Crippen LogP) is 8.21. The van der Waals surface area contributed by atoms with Gasteiger partial charge >= 0.3 is 32.2 Å². The summed E-state index contributed by atoms with van der Waals surface area (Å²) >= 11 is 0. The zero-order chi connectivity index (χ0) is 39.2. The third kappa shape index (κ3) is 15.0.